The molecule has 0 spiro atoms. The molecule has 7 nitrogen and oxygen atoms in total. The number of hydrogen-bond donors (Lipinski definition) is 0. The van der Waals surface area contributed by atoms with Crippen molar-refractivity contribution in [3.8, 4) is 11.5 Å². The van der Waals surface area contributed by atoms with Crippen molar-refractivity contribution < 1.29 is 14.3 Å². The van der Waals surface area contributed by atoms with Crippen LogP contribution in [0.25, 0.3) is 10.9 Å². The summed E-state index contributed by atoms with van der Waals surface area (Å²) in [5.74, 6) is 1.37. The molecule has 0 saturated carbocycles. The van der Waals surface area contributed by atoms with E-state index >= 15 is 0 Å². The fourth-order valence-electron chi connectivity index (χ4n) is 3.76. The number of carbonyl (C=O) groups is 1. The van der Waals surface area contributed by atoms with Gasteiger partial charge in [-0.1, -0.05) is 12.1 Å². The molecular formula is C24H22N4O3. The monoisotopic (exact) mass is 414 g/mol. The zero-order chi connectivity index (χ0) is 21.4. The Morgan fingerprint density at radius 1 is 1.06 bits per heavy atom. The van der Waals surface area contributed by atoms with Gasteiger partial charge in [-0.25, -0.2) is 0 Å². The smallest absolute Gasteiger partial charge is 0.254 e. The van der Waals surface area contributed by atoms with Gasteiger partial charge in [-0.2, -0.15) is 5.10 Å². The van der Waals surface area contributed by atoms with Gasteiger partial charge in [0.25, 0.3) is 5.91 Å². The van der Waals surface area contributed by atoms with Crippen LogP contribution in [0.2, 0.25) is 0 Å². The maximum absolute atomic E-state index is 13.5. The summed E-state index contributed by atoms with van der Waals surface area (Å²) in [5, 5.41) is 5.48. The molecular weight excluding hydrogens is 392 g/mol. The van der Waals surface area contributed by atoms with Crippen LogP contribution in [0.1, 0.15) is 27.3 Å². The summed E-state index contributed by atoms with van der Waals surface area (Å²) < 4.78 is 12.7. The van der Waals surface area contributed by atoms with E-state index in [0.29, 0.717) is 24.4 Å². The number of benzene rings is 2. The molecule has 1 aliphatic rings. The minimum atomic E-state index is -0.0632. The second kappa shape index (κ2) is 7.75. The van der Waals surface area contributed by atoms with Crippen molar-refractivity contribution in [2.24, 2.45) is 7.05 Å². The zero-order valence-electron chi connectivity index (χ0n) is 17.4. The summed E-state index contributed by atoms with van der Waals surface area (Å²) in [4.78, 5) is 19.7. The van der Waals surface area contributed by atoms with Crippen LogP contribution in [-0.4, -0.2) is 32.4 Å². The average molecular weight is 414 g/mol. The number of rotatable bonds is 5. The molecule has 0 N–H and O–H groups in total. The summed E-state index contributed by atoms with van der Waals surface area (Å²) in [6.45, 7) is 3.05. The molecule has 3 heterocycles. The maximum atomic E-state index is 13.5. The van der Waals surface area contributed by atoms with Gasteiger partial charge in [0, 0.05) is 36.4 Å². The maximum Gasteiger partial charge on any atom is 0.254 e. The molecule has 2 aromatic heterocycles. The van der Waals surface area contributed by atoms with Crippen molar-refractivity contribution >= 4 is 16.8 Å². The third-order valence-corrected chi connectivity index (χ3v) is 5.46. The van der Waals surface area contributed by atoms with Crippen LogP contribution in [-0.2, 0) is 20.1 Å². The number of nitrogens with zero attached hydrogens (tertiary/aromatic N) is 4. The van der Waals surface area contributed by atoms with E-state index in [2.05, 4.69) is 10.1 Å². The number of amides is 1. The molecule has 1 aliphatic heterocycles. The third kappa shape index (κ3) is 3.82. The van der Waals surface area contributed by atoms with Gasteiger partial charge in [0.05, 0.1) is 17.8 Å². The summed E-state index contributed by atoms with van der Waals surface area (Å²) >= 11 is 0. The Hall–Kier alpha value is -3.87. The highest BCUT2D eigenvalue weighted by molar-refractivity contribution is 5.97. The van der Waals surface area contributed by atoms with Crippen molar-refractivity contribution in [3.63, 3.8) is 0 Å². The minimum absolute atomic E-state index is 0.0632. The predicted octanol–water partition coefficient (Wildman–Crippen LogP) is 3.85. The molecule has 1 amide bonds. The summed E-state index contributed by atoms with van der Waals surface area (Å²) in [6.07, 6.45) is 1.75. The number of aromatic nitrogens is 3. The number of hydrogen-bond acceptors (Lipinski definition) is 5. The largest absolute Gasteiger partial charge is 0.454 e. The van der Waals surface area contributed by atoms with Crippen molar-refractivity contribution in [1.29, 1.82) is 0 Å². The van der Waals surface area contributed by atoms with E-state index in [-0.39, 0.29) is 12.7 Å². The van der Waals surface area contributed by atoms with Crippen LogP contribution in [0.4, 0.5) is 0 Å². The molecule has 0 unspecified atom stereocenters. The summed E-state index contributed by atoms with van der Waals surface area (Å²) in [6, 6.07) is 17.2. The molecule has 0 atom stereocenters. The highest BCUT2D eigenvalue weighted by Crippen LogP contribution is 2.33. The van der Waals surface area contributed by atoms with Gasteiger partial charge in [0.2, 0.25) is 6.79 Å². The van der Waals surface area contributed by atoms with Gasteiger partial charge in [-0.3, -0.25) is 14.5 Å². The minimum Gasteiger partial charge on any atom is -0.454 e. The number of pyridine rings is 1. The van der Waals surface area contributed by atoms with Gasteiger partial charge in [0.1, 0.15) is 0 Å². The number of carbonyl (C=O) groups excluding carboxylic acids is 1. The lowest BCUT2D eigenvalue weighted by atomic mass is 10.1. The third-order valence-electron chi connectivity index (χ3n) is 5.46. The quantitative estimate of drug-likeness (QED) is 0.496. The standard InChI is InChI=1S/C24H22N4O3/c1-16-10-20(26-27(16)2)14-28(13-17-5-8-22-23(11-17)31-15-30-22)24(29)19-6-7-21-18(12-19)4-3-9-25-21/h3-12H,13-15H2,1-2H3. The van der Waals surface area contributed by atoms with Crippen LogP contribution in [0.3, 0.4) is 0 Å². The summed E-state index contributed by atoms with van der Waals surface area (Å²) in [7, 11) is 1.90. The Kier molecular flexibility index (Phi) is 4.78. The normalized spacial score (nSPS) is 12.3. The van der Waals surface area contributed by atoms with Gasteiger partial charge >= 0.3 is 0 Å². The first-order valence-corrected chi connectivity index (χ1v) is 10.1. The zero-order valence-corrected chi connectivity index (χ0v) is 17.4. The Bertz CT molecular complexity index is 1260. The highest BCUT2D eigenvalue weighted by atomic mass is 16.7. The van der Waals surface area contributed by atoms with E-state index in [1.54, 1.807) is 11.1 Å². The van der Waals surface area contributed by atoms with E-state index in [1.807, 2.05) is 73.3 Å². The van der Waals surface area contributed by atoms with Crippen LogP contribution in [0, 0.1) is 6.92 Å². The SMILES string of the molecule is Cc1cc(CN(Cc2ccc3c(c2)OCO3)C(=O)c2ccc3ncccc3c2)nn1C. The van der Waals surface area contributed by atoms with Gasteiger partial charge in [-0.05, 0) is 55.0 Å². The lowest BCUT2D eigenvalue weighted by Gasteiger charge is -2.22. The fourth-order valence-corrected chi connectivity index (χ4v) is 3.76. The molecule has 156 valence electrons. The molecule has 2 aromatic carbocycles. The second-order valence-electron chi connectivity index (χ2n) is 7.66. The van der Waals surface area contributed by atoms with E-state index in [1.165, 1.54) is 0 Å². The first kappa shape index (κ1) is 19.1. The predicted molar refractivity (Wildman–Crippen MR) is 116 cm³/mol. The van der Waals surface area contributed by atoms with Crippen LogP contribution in [0.5, 0.6) is 11.5 Å². The number of ether oxygens (including phenoxy) is 2. The fraction of sp³-hybridized carbons (Fsp3) is 0.208. The Morgan fingerprint density at radius 2 is 1.94 bits per heavy atom. The molecule has 4 aromatic rings. The van der Waals surface area contributed by atoms with E-state index in [0.717, 1.165) is 33.6 Å². The van der Waals surface area contributed by atoms with Crippen molar-refractivity contribution in [1.82, 2.24) is 19.7 Å². The highest BCUT2D eigenvalue weighted by Gasteiger charge is 2.21. The molecule has 5 rings (SSSR count). The lowest BCUT2D eigenvalue weighted by molar-refractivity contribution is 0.0727. The van der Waals surface area contributed by atoms with Crippen molar-refractivity contribution in [3.05, 3.63) is 83.3 Å². The van der Waals surface area contributed by atoms with E-state index in [4.69, 9.17) is 9.47 Å². The number of fused-ring (bicyclic) bond motifs is 2. The Labute approximate surface area is 179 Å². The van der Waals surface area contributed by atoms with Crippen LogP contribution < -0.4 is 9.47 Å². The van der Waals surface area contributed by atoms with Gasteiger partial charge < -0.3 is 14.4 Å². The van der Waals surface area contributed by atoms with E-state index < -0.39 is 0 Å². The molecule has 0 aliphatic carbocycles. The summed E-state index contributed by atoms with van der Waals surface area (Å²) in [5.41, 5.74) is 4.34. The molecule has 0 radical (unpaired) electrons. The average Bonchev–Trinajstić information content (AvgIpc) is 3.37. The van der Waals surface area contributed by atoms with Crippen molar-refractivity contribution in [2.75, 3.05) is 6.79 Å². The molecule has 31 heavy (non-hydrogen) atoms. The van der Waals surface area contributed by atoms with Gasteiger partial charge in [-0.15, -0.1) is 0 Å². The van der Waals surface area contributed by atoms with Gasteiger partial charge in [0.15, 0.2) is 11.5 Å². The Balaban J connectivity index is 1.47. The van der Waals surface area contributed by atoms with E-state index in [9.17, 15) is 4.79 Å². The second-order valence-corrected chi connectivity index (χ2v) is 7.66. The van der Waals surface area contributed by atoms with Crippen molar-refractivity contribution in [2.45, 2.75) is 20.0 Å². The lowest BCUT2D eigenvalue weighted by Crippen LogP contribution is -2.30. The molecule has 7 heteroatoms. The first-order valence-electron chi connectivity index (χ1n) is 10.1. The topological polar surface area (TPSA) is 69.5 Å². The molecule has 0 saturated heterocycles. The van der Waals surface area contributed by atoms with Crippen LogP contribution >= 0.6 is 0 Å². The molecule has 0 fully saturated rings. The Morgan fingerprint density at radius 3 is 2.77 bits per heavy atom. The first-order chi connectivity index (χ1) is 15.1. The number of aryl methyl sites for hydroxylation is 2. The van der Waals surface area contributed by atoms with Crippen LogP contribution in [0.15, 0.2) is 60.8 Å². The molecule has 0 bridgehead atoms.